The van der Waals surface area contributed by atoms with E-state index in [4.69, 9.17) is 4.74 Å². The molecule has 0 aliphatic rings. The number of rotatable bonds is 3. The number of aromatic nitrogens is 2. The van der Waals surface area contributed by atoms with E-state index < -0.39 is 0 Å². The van der Waals surface area contributed by atoms with E-state index >= 15 is 0 Å². The molecule has 0 bridgehead atoms. The lowest BCUT2D eigenvalue weighted by Crippen LogP contribution is -1.95. The molecule has 4 heteroatoms. The van der Waals surface area contributed by atoms with Gasteiger partial charge in [-0.2, -0.15) is 5.10 Å². The van der Waals surface area contributed by atoms with Crippen molar-refractivity contribution in [3.05, 3.63) is 35.5 Å². The standard InChI is InChI=1S/C13H14N2O2/c1-9-7-12(14-15(9)2)11-6-4-5-10(8-16)13(11)17-3/h4-8H,1-3H3. The molecule has 0 atom stereocenters. The van der Waals surface area contributed by atoms with Crippen LogP contribution < -0.4 is 4.74 Å². The van der Waals surface area contributed by atoms with Gasteiger partial charge in [0.05, 0.1) is 18.4 Å². The quantitative estimate of drug-likeness (QED) is 0.759. The van der Waals surface area contributed by atoms with E-state index in [1.807, 2.05) is 32.2 Å². The first kappa shape index (κ1) is 11.4. The topological polar surface area (TPSA) is 44.1 Å². The average Bonchev–Trinajstić information content (AvgIpc) is 2.68. The summed E-state index contributed by atoms with van der Waals surface area (Å²) in [5, 5.41) is 4.39. The van der Waals surface area contributed by atoms with Gasteiger partial charge >= 0.3 is 0 Å². The Morgan fingerprint density at radius 1 is 1.41 bits per heavy atom. The molecule has 0 aliphatic carbocycles. The van der Waals surface area contributed by atoms with Crippen LogP contribution in [-0.4, -0.2) is 23.2 Å². The number of hydrogen-bond acceptors (Lipinski definition) is 3. The number of ether oxygens (including phenoxy) is 1. The fourth-order valence-electron chi connectivity index (χ4n) is 1.77. The molecule has 1 heterocycles. The minimum absolute atomic E-state index is 0.535. The molecule has 0 spiro atoms. The zero-order valence-electron chi connectivity index (χ0n) is 10.1. The number of benzene rings is 1. The van der Waals surface area contributed by atoms with Gasteiger partial charge in [0.1, 0.15) is 5.75 Å². The number of nitrogens with zero attached hydrogens (tertiary/aromatic N) is 2. The second-order valence-corrected chi connectivity index (χ2v) is 3.84. The van der Waals surface area contributed by atoms with Gasteiger partial charge in [-0.3, -0.25) is 9.48 Å². The van der Waals surface area contributed by atoms with Crippen LogP contribution in [0, 0.1) is 6.92 Å². The Morgan fingerprint density at radius 3 is 2.71 bits per heavy atom. The van der Waals surface area contributed by atoms with E-state index in [0.29, 0.717) is 11.3 Å². The Labute approximate surface area is 99.8 Å². The van der Waals surface area contributed by atoms with E-state index in [0.717, 1.165) is 23.2 Å². The van der Waals surface area contributed by atoms with Crippen molar-refractivity contribution in [3.8, 4) is 17.0 Å². The maximum atomic E-state index is 10.9. The molecule has 0 saturated heterocycles. The molecule has 0 amide bonds. The highest BCUT2D eigenvalue weighted by Gasteiger charge is 2.13. The second kappa shape index (κ2) is 4.41. The van der Waals surface area contributed by atoms with Crippen LogP contribution in [0.2, 0.25) is 0 Å². The Bertz CT molecular complexity index is 539. The summed E-state index contributed by atoms with van der Waals surface area (Å²) in [7, 11) is 3.44. The molecular formula is C13H14N2O2. The minimum atomic E-state index is 0.535. The summed E-state index contributed by atoms with van der Waals surface area (Å²) in [5.74, 6) is 0.570. The number of methoxy groups -OCH3 is 1. The summed E-state index contributed by atoms with van der Waals surface area (Å²) >= 11 is 0. The molecule has 0 fully saturated rings. The molecule has 1 aromatic heterocycles. The summed E-state index contributed by atoms with van der Waals surface area (Å²) in [6.07, 6.45) is 0.790. The normalized spacial score (nSPS) is 10.3. The van der Waals surface area contributed by atoms with Crippen molar-refractivity contribution >= 4 is 6.29 Å². The first-order valence-corrected chi connectivity index (χ1v) is 5.30. The highest BCUT2D eigenvalue weighted by molar-refractivity contribution is 5.85. The lowest BCUT2D eigenvalue weighted by Gasteiger charge is -2.08. The molecule has 88 valence electrons. The van der Waals surface area contributed by atoms with E-state index in [-0.39, 0.29) is 0 Å². The smallest absolute Gasteiger partial charge is 0.153 e. The maximum Gasteiger partial charge on any atom is 0.153 e. The van der Waals surface area contributed by atoms with Crippen molar-refractivity contribution in [1.82, 2.24) is 9.78 Å². The number of hydrogen-bond donors (Lipinski definition) is 0. The molecular weight excluding hydrogens is 216 g/mol. The Morgan fingerprint density at radius 2 is 2.18 bits per heavy atom. The van der Waals surface area contributed by atoms with E-state index in [2.05, 4.69) is 5.10 Å². The molecule has 4 nitrogen and oxygen atoms in total. The number of carbonyl (C=O) groups excluding carboxylic acids is 1. The van der Waals surface area contributed by atoms with Crippen molar-refractivity contribution in [2.24, 2.45) is 7.05 Å². The lowest BCUT2D eigenvalue weighted by molar-refractivity contribution is 0.112. The van der Waals surface area contributed by atoms with Crippen LogP contribution in [0.1, 0.15) is 16.1 Å². The fraction of sp³-hybridized carbons (Fsp3) is 0.231. The predicted molar refractivity (Wildman–Crippen MR) is 65.3 cm³/mol. The van der Waals surface area contributed by atoms with E-state index in [1.54, 1.807) is 17.9 Å². The fourth-order valence-corrected chi connectivity index (χ4v) is 1.77. The van der Waals surface area contributed by atoms with Gasteiger partial charge in [0.25, 0.3) is 0 Å². The van der Waals surface area contributed by atoms with Gasteiger partial charge in [-0.15, -0.1) is 0 Å². The van der Waals surface area contributed by atoms with Crippen LogP contribution in [0.3, 0.4) is 0 Å². The number of carbonyl (C=O) groups is 1. The van der Waals surface area contributed by atoms with Crippen LogP contribution in [0.25, 0.3) is 11.3 Å². The molecule has 0 radical (unpaired) electrons. The Hall–Kier alpha value is -2.10. The molecule has 0 unspecified atom stereocenters. The third-order valence-corrected chi connectivity index (χ3v) is 2.77. The maximum absolute atomic E-state index is 10.9. The average molecular weight is 230 g/mol. The zero-order valence-corrected chi connectivity index (χ0v) is 10.1. The number of aldehydes is 1. The van der Waals surface area contributed by atoms with Gasteiger partial charge in [-0.25, -0.2) is 0 Å². The largest absolute Gasteiger partial charge is 0.495 e. The number of para-hydroxylation sites is 1. The Kier molecular flexibility index (Phi) is 2.95. The van der Waals surface area contributed by atoms with Crippen molar-refractivity contribution in [2.75, 3.05) is 7.11 Å². The molecule has 0 N–H and O–H groups in total. The third kappa shape index (κ3) is 1.93. The van der Waals surface area contributed by atoms with Gasteiger partial charge in [0.15, 0.2) is 6.29 Å². The zero-order chi connectivity index (χ0) is 12.4. The minimum Gasteiger partial charge on any atom is -0.495 e. The van der Waals surface area contributed by atoms with Crippen LogP contribution >= 0.6 is 0 Å². The first-order valence-electron chi connectivity index (χ1n) is 5.30. The van der Waals surface area contributed by atoms with Gasteiger partial charge in [0, 0.05) is 18.3 Å². The predicted octanol–water partition coefficient (Wildman–Crippen LogP) is 2.22. The van der Waals surface area contributed by atoms with Crippen molar-refractivity contribution in [1.29, 1.82) is 0 Å². The lowest BCUT2D eigenvalue weighted by atomic mass is 10.1. The van der Waals surface area contributed by atoms with E-state index in [1.165, 1.54) is 0 Å². The van der Waals surface area contributed by atoms with Crippen LogP contribution in [-0.2, 0) is 7.05 Å². The van der Waals surface area contributed by atoms with Crippen LogP contribution in [0.4, 0.5) is 0 Å². The monoisotopic (exact) mass is 230 g/mol. The molecule has 2 aromatic rings. The molecule has 17 heavy (non-hydrogen) atoms. The SMILES string of the molecule is COc1c(C=O)cccc1-c1cc(C)n(C)n1. The van der Waals surface area contributed by atoms with Crippen molar-refractivity contribution in [3.63, 3.8) is 0 Å². The van der Waals surface area contributed by atoms with Crippen molar-refractivity contribution < 1.29 is 9.53 Å². The highest BCUT2D eigenvalue weighted by atomic mass is 16.5. The highest BCUT2D eigenvalue weighted by Crippen LogP contribution is 2.31. The van der Waals surface area contributed by atoms with Crippen LogP contribution in [0.15, 0.2) is 24.3 Å². The summed E-state index contributed by atoms with van der Waals surface area (Å²) < 4.78 is 7.08. The van der Waals surface area contributed by atoms with Gasteiger partial charge in [-0.1, -0.05) is 6.07 Å². The van der Waals surface area contributed by atoms with Gasteiger partial charge < -0.3 is 4.74 Å². The summed E-state index contributed by atoms with van der Waals surface area (Å²) in [4.78, 5) is 10.9. The second-order valence-electron chi connectivity index (χ2n) is 3.84. The van der Waals surface area contributed by atoms with E-state index in [9.17, 15) is 4.79 Å². The third-order valence-electron chi connectivity index (χ3n) is 2.77. The van der Waals surface area contributed by atoms with Crippen LogP contribution in [0.5, 0.6) is 5.75 Å². The number of aryl methyl sites for hydroxylation is 2. The summed E-state index contributed by atoms with van der Waals surface area (Å²) in [6, 6.07) is 7.41. The van der Waals surface area contributed by atoms with Gasteiger partial charge in [-0.05, 0) is 25.1 Å². The van der Waals surface area contributed by atoms with Gasteiger partial charge in [0.2, 0.25) is 0 Å². The summed E-state index contributed by atoms with van der Waals surface area (Å²) in [6.45, 7) is 1.98. The Balaban J connectivity index is 2.62. The molecule has 2 rings (SSSR count). The molecule has 0 aliphatic heterocycles. The molecule has 0 saturated carbocycles. The molecule has 1 aromatic carbocycles. The summed E-state index contributed by atoms with van der Waals surface area (Å²) in [5.41, 5.74) is 3.23. The first-order chi connectivity index (χ1) is 8.17. The van der Waals surface area contributed by atoms with Crippen molar-refractivity contribution in [2.45, 2.75) is 6.92 Å².